The Labute approximate surface area is 208 Å². The van der Waals surface area contributed by atoms with Gasteiger partial charge in [0.1, 0.15) is 5.82 Å². The summed E-state index contributed by atoms with van der Waals surface area (Å²) in [6.07, 6.45) is 1.01. The minimum Gasteiger partial charge on any atom is -0.346 e. The molecule has 0 spiro atoms. The number of rotatable bonds is 6. The highest BCUT2D eigenvalue weighted by molar-refractivity contribution is 7.89. The van der Waals surface area contributed by atoms with Crippen molar-refractivity contribution >= 4 is 27.0 Å². The Morgan fingerprint density at radius 1 is 1.09 bits per heavy atom. The van der Waals surface area contributed by atoms with Gasteiger partial charge in [0, 0.05) is 25.6 Å². The molecule has 3 aromatic rings. The lowest BCUT2D eigenvalue weighted by molar-refractivity contribution is -0.126. The predicted octanol–water partition coefficient (Wildman–Crippen LogP) is 4.57. The highest BCUT2D eigenvalue weighted by Crippen LogP contribution is 2.31. The van der Waals surface area contributed by atoms with Crippen LogP contribution in [0, 0.1) is 33.6 Å². The molecule has 0 aliphatic carbocycles. The SMILES string of the molecule is CCn1c(C(C)NC(=O)C2CCN(S(=O)(=O)c3c(C)c(C)cc(C)c3C)CC2)nc2ccccc21. The number of aryl methyl sites for hydroxylation is 3. The van der Waals surface area contributed by atoms with Crippen molar-refractivity contribution in [2.75, 3.05) is 13.1 Å². The van der Waals surface area contributed by atoms with Crippen LogP contribution in [0.5, 0.6) is 0 Å². The molecule has 0 saturated carbocycles. The second-order valence-corrected chi connectivity index (χ2v) is 11.6. The van der Waals surface area contributed by atoms with Crippen molar-refractivity contribution < 1.29 is 13.2 Å². The van der Waals surface area contributed by atoms with Gasteiger partial charge in [-0.05, 0) is 88.8 Å². The number of benzene rings is 2. The predicted molar refractivity (Wildman–Crippen MR) is 139 cm³/mol. The normalized spacial score (nSPS) is 16.5. The van der Waals surface area contributed by atoms with E-state index in [0.717, 1.165) is 45.7 Å². The molecule has 1 amide bonds. The smallest absolute Gasteiger partial charge is 0.243 e. The van der Waals surface area contributed by atoms with Gasteiger partial charge in [-0.1, -0.05) is 18.2 Å². The van der Waals surface area contributed by atoms with Crippen LogP contribution in [0.2, 0.25) is 0 Å². The zero-order chi connectivity index (χ0) is 25.5. The molecule has 4 rings (SSSR count). The van der Waals surface area contributed by atoms with Crippen molar-refractivity contribution in [1.29, 1.82) is 0 Å². The minimum atomic E-state index is -3.62. The van der Waals surface area contributed by atoms with E-state index in [4.69, 9.17) is 4.98 Å². The van der Waals surface area contributed by atoms with Crippen LogP contribution in [-0.4, -0.2) is 41.3 Å². The fourth-order valence-electron chi connectivity index (χ4n) is 5.21. The van der Waals surface area contributed by atoms with Crippen molar-refractivity contribution in [3.8, 4) is 0 Å². The molecule has 188 valence electrons. The van der Waals surface area contributed by atoms with Crippen LogP contribution < -0.4 is 5.32 Å². The van der Waals surface area contributed by atoms with Crippen molar-refractivity contribution in [3.63, 3.8) is 0 Å². The molecule has 7 nitrogen and oxygen atoms in total. The van der Waals surface area contributed by atoms with E-state index in [1.54, 1.807) is 4.31 Å². The summed E-state index contributed by atoms with van der Waals surface area (Å²) >= 11 is 0. The second kappa shape index (κ2) is 9.74. The Morgan fingerprint density at radius 2 is 1.69 bits per heavy atom. The molecule has 35 heavy (non-hydrogen) atoms. The van der Waals surface area contributed by atoms with Crippen LogP contribution in [0.1, 0.15) is 60.8 Å². The molecular weight excluding hydrogens is 460 g/mol. The van der Waals surface area contributed by atoms with Gasteiger partial charge in [0.2, 0.25) is 15.9 Å². The summed E-state index contributed by atoms with van der Waals surface area (Å²) in [5.41, 5.74) is 5.55. The third kappa shape index (κ3) is 4.61. The molecule has 8 heteroatoms. The summed E-state index contributed by atoms with van der Waals surface area (Å²) in [6, 6.07) is 9.77. The van der Waals surface area contributed by atoms with Gasteiger partial charge in [-0.15, -0.1) is 0 Å². The van der Waals surface area contributed by atoms with Crippen molar-refractivity contribution in [2.24, 2.45) is 5.92 Å². The van der Waals surface area contributed by atoms with Gasteiger partial charge in [-0.2, -0.15) is 4.31 Å². The van der Waals surface area contributed by atoms with E-state index < -0.39 is 10.0 Å². The Bertz CT molecular complexity index is 1340. The van der Waals surface area contributed by atoms with E-state index in [1.807, 2.05) is 65.0 Å². The van der Waals surface area contributed by atoms with Gasteiger partial charge in [-0.25, -0.2) is 13.4 Å². The average molecular weight is 497 g/mol. The summed E-state index contributed by atoms with van der Waals surface area (Å²) in [6.45, 7) is 13.1. The maximum atomic E-state index is 13.5. The number of sulfonamides is 1. The van der Waals surface area contributed by atoms with Crippen molar-refractivity contribution in [1.82, 2.24) is 19.2 Å². The van der Waals surface area contributed by atoms with Gasteiger partial charge in [0.15, 0.2) is 0 Å². The number of carbonyl (C=O) groups excluding carboxylic acids is 1. The highest BCUT2D eigenvalue weighted by atomic mass is 32.2. The molecule has 1 fully saturated rings. The standard InChI is InChI=1S/C27H36N4O3S/c1-7-31-24-11-9-8-10-23(24)29-26(31)21(6)28-27(32)22-12-14-30(15-13-22)35(33,34)25-19(4)17(2)16-18(3)20(25)5/h8-11,16,21-22H,7,12-15H2,1-6H3,(H,28,32). The third-order valence-corrected chi connectivity index (χ3v) is 9.64. The number of piperidine rings is 1. The zero-order valence-corrected chi connectivity index (χ0v) is 22.4. The van der Waals surface area contributed by atoms with Gasteiger partial charge in [0.05, 0.1) is 22.0 Å². The lowest BCUT2D eigenvalue weighted by Crippen LogP contribution is -2.44. The molecular formula is C27H36N4O3S. The van der Waals surface area contributed by atoms with E-state index in [2.05, 4.69) is 16.8 Å². The van der Waals surface area contributed by atoms with Crippen LogP contribution >= 0.6 is 0 Å². The van der Waals surface area contributed by atoms with Crippen LogP contribution in [0.25, 0.3) is 11.0 Å². The minimum absolute atomic E-state index is 0.0389. The van der Waals surface area contributed by atoms with Crippen LogP contribution in [-0.2, 0) is 21.4 Å². The Morgan fingerprint density at radius 3 is 2.29 bits per heavy atom. The monoisotopic (exact) mass is 496 g/mol. The Hall–Kier alpha value is -2.71. The van der Waals surface area contributed by atoms with E-state index in [0.29, 0.717) is 30.8 Å². The number of carbonyl (C=O) groups is 1. The van der Waals surface area contributed by atoms with Crippen LogP contribution in [0.3, 0.4) is 0 Å². The van der Waals surface area contributed by atoms with Gasteiger partial charge in [-0.3, -0.25) is 4.79 Å². The number of para-hydroxylation sites is 2. The number of amides is 1. The van der Waals surface area contributed by atoms with Crippen LogP contribution in [0.15, 0.2) is 35.2 Å². The first kappa shape index (κ1) is 25.4. The number of nitrogens with one attached hydrogen (secondary N) is 1. The van der Waals surface area contributed by atoms with Gasteiger partial charge in [0.25, 0.3) is 0 Å². The molecule has 1 unspecified atom stereocenters. The zero-order valence-electron chi connectivity index (χ0n) is 21.6. The number of nitrogens with zero attached hydrogens (tertiary/aromatic N) is 3. The van der Waals surface area contributed by atoms with E-state index >= 15 is 0 Å². The quantitative estimate of drug-likeness (QED) is 0.542. The van der Waals surface area contributed by atoms with Gasteiger partial charge < -0.3 is 9.88 Å². The first-order valence-electron chi connectivity index (χ1n) is 12.4. The number of hydrogen-bond acceptors (Lipinski definition) is 4. The lowest BCUT2D eigenvalue weighted by Gasteiger charge is -2.32. The van der Waals surface area contributed by atoms with E-state index in [9.17, 15) is 13.2 Å². The average Bonchev–Trinajstić information content (AvgIpc) is 3.22. The Balaban J connectivity index is 1.45. The third-order valence-electron chi connectivity index (χ3n) is 7.47. The maximum absolute atomic E-state index is 13.5. The molecule has 1 saturated heterocycles. The van der Waals surface area contributed by atoms with E-state index in [-0.39, 0.29) is 17.9 Å². The van der Waals surface area contributed by atoms with Gasteiger partial charge >= 0.3 is 0 Å². The fourth-order valence-corrected chi connectivity index (χ4v) is 7.25. The van der Waals surface area contributed by atoms with Crippen molar-refractivity contribution in [3.05, 3.63) is 58.4 Å². The molecule has 0 bridgehead atoms. The summed E-state index contributed by atoms with van der Waals surface area (Å²) in [4.78, 5) is 18.3. The first-order chi connectivity index (χ1) is 16.6. The largest absolute Gasteiger partial charge is 0.346 e. The molecule has 1 aliphatic heterocycles. The number of aromatic nitrogens is 2. The van der Waals surface area contributed by atoms with Crippen LogP contribution in [0.4, 0.5) is 0 Å². The molecule has 0 radical (unpaired) electrons. The molecule has 2 heterocycles. The maximum Gasteiger partial charge on any atom is 0.243 e. The topological polar surface area (TPSA) is 84.3 Å². The lowest BCUT2D eigenvalue weighted by atomic mass is 9.97. The molecule has 1 N–H and O–H groups in total. The molecule has 2 aromatic carbocycles. The number of fused-ring (bicyclic) bond motifs is 1. The molecule has 1 aliphatic rings. The number of hydrogen-bond donors (Lipinski definition) is 1. The molecule has 1 aromatic heterocycles. The summed E-state index contributed by atoms with van der Waals surface area (Å²) in [5.74, 6) is 0.579. The number of imidazole rings is 1. The Kier molecular flexibility index (Phi) is 7.06. The first-order valence-corrected chi connectivity index (χ1v) is 13.8. The summed E-state index contributed by atoms with van der Waals surface area (Å²) in [7, 11) is -3.62. The summed E-state index contributed by atoms with van der Waals surface area (Å²) < 4.78 is 30.8. The van der Waals surface area contributed by atoms with E-state index in [1.165, 1.54) is 0 Å². The highest BCUT2D eigenvalue weighted by Gasteiger charge is 2.35. The molecule has 1 atom stereocenters. The second-order valence-electron chi connectivity index (χ2n) is 9.70. The summed E-state index contributed by atoms with van der Waals surface area (Å²) in [5, 5.41) is 3.13. The van der Waals surface area contributed by atoms with Crippen molar-refractivity contribution in [2.45, 2.75) is 71.9 Å². The fraction of sp³-hybridized carbons (Fsp3) is 0.481.